The lowest BCUT2D eigenvalue weighted by Crippen LogP contribution is -2.03. The molecule has 2 nitrogen and oxygen atoms in total. The number of carbonyl (C=O) groups excluding carboxylic acids is 1. The Hall–Kier alpha value is -1.23. The maximum absolute atomic E-state index is 11.1. The van der Waals surface area contributed by atoms with Gasteiger partial charge in [-0.25, -0.2) is 0 Å². The Morgan fingerprint density at radius 3 is 2.45 bits per heavy atom. The van der Waals surface area contributed by atoms with E-state index in [1.807, 2.05) is 6.92 Å². The van der Waals surface area contributed by atoms with Crippen LogP contribution in [0.5, 0.6) is 0 Å². The molecule has 0 unspecified atom stereocenters. The largest absolute Gasteiger partial charge is 0.466 e. The Bertz CT molecular complexity index is 333. The molecule has 0 aliphatic carbocycles. The average Bonchev–Trinajstić information content (AvgIpc) is 2.51. The highest BCUT2D eigenvalue weighted by molar-refractivity contribution is 5.69. The van der Waals surface area contributed by atoms with Gasteiger partial charge in [0.1, 0.15) is 0 Å². The van der Waals surface area contributed by atoms with Gasteiger partial charge in [-0.3, -0.25) is 4.79 Å². The third-order valence-corrected chi connectivity index (χ3v) is 3.47. The van der Waals surface area contributed by atoms with Crippen LogP contribution in [0.3, 0.4) is 0 Å². The highest BCUT2D eigenvalue weighted by Crippen LogP contribution is 2.08. The zero-order valence-corrected chi connectivity index (χ0v) is 14.7. The molecule has 0 fully saturated rings. The first-order valence-corrected chi connectivity index (χ1v) is 9.07. The summed E-state index contributed by atoms with van der Waals surface area (Å²) in [5.74, 6) is 6.37. The number of unbranched alkanes of at least 4 members (excludes halogenated alkanes) is 8. The zero-order valence-electron chi connectivity index (χ0n) is 14.7. The van der Waals surface area contributed by atoms with E-state index in [0.717, 1.165) is 32.1 Å². The van der Waals surface area contributed by atoms with Crippen molar-refractivity contribution in [2.75, 3.05) is 6.61 Å². The summed E-state index contributed by atoms with van der Waals surface area (Å²) < 4.78 is 4.90. The number of esters is 1. The lowest BCUT2D eigenvalue weighted by molar-refractivity contribution is -0.143. The molecule has 0 aliphatic rings. The number of carbonyl (C=O) groups is 1. The molecule has 0 aromatic carbocycles. The lowest BCUT2D eigenvalue weighted by Gasteiger charge is -2.01. The smallest absolute Gasteiger partial charge is 0.305 e. The molecule has 2 heteroatoms. The van der Waals surface area contributed by atoms with Gasteiger partial charge in [-0.1, -0.05) is 57.1 Å². The molecule has 0 amide bonds. The molecule has 0 heterocycles. The summed E-state index contributed by atoms with van der Waals surface area (Å²) in [6.07, 6.45) is 17.7. The van der Waals surface area contributed by atoms with Crippen LogP contribution in [0.1, 0.15) is 90.9 Å². The molecule has 0 bridgehead atoms. The van der Waals surface area contributed by atoms with E-state index >= 15 is 0 Å². The van der Waals surface area contributed by atoms with Gasteiger partial charge in [0.15, 0.2) is 0 Å². The van der Waals surface area contributed by atoms with Crippen LogP contribution >= 0.6 is 0 Å². The molecule has 0 atom stereocenters. The maximum Gasteiger partial charge on any atom is 0.305 e. The Labute approximate surface area is 137 Å². The first kappa shape index (κ1) is 20.8. The molecule has 0 spiro atoms. The summed E-state index contributed by atoms with van der Waals surface area (Å²) in [4.78, 5) is 11.1. The second-order valence-corrected chi connectivity index (χ2v) is 5.60. The summed E-state index contributed by atoms with van der Waals surface area (Å²) >= 11 is 0. The van der Waals surface area contributed by atoms with Crippen LogP contribution in [0.2, 0.25) is 0 Å². The Balaban J connectivity index is 3.25. The zero-order chi connectivity index (χ0) is 16.3. The average molecular weight is 306 g/mol. The van der Waals surface area contributed by atoms with Crippen molar-refractivity contribution in [3.63, 3.8) is 0 Å². The van der Waals surface area contributed by atoms with Crippen LogP contribution in [0, 0.1) is 11.8 Å². The number of rotatable bonds is 13. The molecule has 126 valence electrons. The third kappa shape index (κ3) is 16.8. The molecule has 0 radical (unpaired) electrons. The fraction of sp³-hybridized carbons (Fsp3) is 0.750. The predicted octanol–water partition coefficient (Wildman–Crippen LogP) is 5.81. The van der Waals surface area contributed by atoms with Crippen LogP contribution in [-0.4, -0.2) is 12.6 Å². The van der Waals surface area contributed by atoms with Crippen molar-refractivity contribution in [3.05, 3.63) is 12.2 Å². The van der Waals surface area contributed by atoms with Gasteiger partial charge in [0.25, 0.3) is 0 Å². The van der Waals surface area contributed by atoms with E-state index in [1.165, 1.54) is 38.5 Å². The van der Waals surface area contributed by atoms with Gasteiger partial charge in [-0.05, 0) is 32.6 Å². The highest BCUT2D eigenvalue weighted by atomic mass is 16.5. The third-order valence-electron chi connectivity index (χ3n) is 3.47. The van der Waals surface area contributed by atoms with Crippen molar-refractivity contribution < 1.29 is 9.53 Å². The fourth-order valence-corrected chi connectivity index (χ4v) is 2.18. The quantitative estimate of drug-likeness (QED) is 0.186. The normalized spacial score (nSPS) is 10.5. The summed E-state index contributed by atoms with van der Waals surface area (Å²) in [6.45, 7) is 4.56. The van der Waals surface area contributed by atoms with E-state index in [0.29, 0.717) is 13.0 Å². The Kier molecular flexibility index (Phi) is 16.8. The van der Waals surface area contributed by atoms with Crippen LogP contribution < -0.4 is 0 Å². The number of hydrogen-bond donors (Lipinski definition) is 0. The number of allylic oxidation sites excluding steroid dienone is 2. The monoisotopic (exact) mass is 306 g/mol. The molecule has 0 rings (SSSR count). The molecule has 0 saturated heterocycles. The van der Waals surface area contributed by atoms with E-state index in [2.05, 4.69) is 30.9 Å². The summed E-state index contributed by atoms with van der Waals surface area (Å²) in [5.41, 5.74) is 0. The minimum Gasteiger partial charge on any atom is -0.466 e. The van der Waals surface area contributed by atoms with E-state index in [-0.39, 0.29) is 5.97 Å². The predicted molar refractivity (Wildman–Crippen MR) is 94.6 cm³/mol. The van der Waals surface area contributed by atoms with Crippen LogP contribution in [0.4, 0.5) is 0 Å². The van der Waals surface area contributed by atoms with Crippen molar-refractivity contribution in [3.8, 4) is 11.8 Å². The Morgan fingerprint density at radius 2 is 1.68 bits per heavy atom. The van der Waals surface area contributed by atoms with E-state index in [1.54, 1.807) is 0 Å². The van der Waals surface area contributed by atoms with Crippen LogP contribution in [-0.2, 0) is 9.53 Å². The van der Waals surface area contributed by atoms with Gasteiger partial charge in [-0.15, -0.1) is 5.92 Å². The number of ether oxygens (including phenoxy) is 1. The molecule has 0 aromatic rings. The van der Waals surface area contributed by atoms with Crippen molar-refractivity contribution >= 4 is 5.97 Å². The van der Waals surface area contributed by atoms with Crippen molar-refractivity contribution in [2.45, 2.75) is 90.9 Å². The van der Waals surface area contributed by atoms with Gasteiger partial charge in [0.2, 0.25) is 0 Å². The minimum absolute atomic E-state index is 0.0544. The Morgan fingerprint density at radius 1 is 0.909 bits per heavy atom. The van der Waals surface area contributed by atoms with Gasteiger partial charge in [-0.2, -0.15) is 0 Å². The van der Waals surface area contributed by atoms with Crippen LogP contribution in [0.15, 0.2) is 12.2 Å². The van der Waals surface area contributed by atoms with E-state index in [4.69, 9.17) is 4.74 Å². The van der Waals surface area contributed by atoms with Gasteiger partial charge in [0.05, 0.1) is 6.61 Å². The first-order chi connectivity index (χ1) is 10.8. The van der Waals surface area contributed by atoms with Crippen LogP contribution in [0.25, 0.3) is 0 Å². The second-order valence-electron chi connectivity index (χ2n) is 5.60. The fourth-order valence-electron chi connectivity index (χ4n) is 2.18. The molecule has 0 aliphatic heterocycles. The molecule has 0 N–H and O–H groups in total. The minimum atomic E-state index is -0.0544. The molecule has 0 aromatic heterocycles. The topological polar surface area (TPSA) is 26.3 Å². The van der Waals surface area contributed by atoms with Gasteiger partial charge in [0, 0.05) is 19.3 Å². The molecular formula is C20H34O2. The summed E-state index contributed by atoms with van der Waals surface area (Å²) in [7, 11) is 0. The van der Waals surface area contributed by atoms with Crippen molar-refractivity contribution in [1.82, 2.24) is 0 Å². The molecular weight excluding hydrogens is 272 g/mol. The number of hydrogen-bond acceptors (Lipinski definition) is 2. The second kappa shape index (κ2) is 17.8. The lowest BCUT2D eigenvalue weighted by atomic mass is 10.1. The highest BCUT2D eigenvalue weighted by Gasteiger charge is 2.00. The molecule has 0 saturated carbocycles. The van der Waals surface area contributed by atoms with E-state index in [9.17, 15) is 4.79 Å². The molecule has 22 heavy (non-hydrogen) atoms. The first-order valence-electron chi connectivity index (χ1n) is 9.07. The standard InChI is InChI=1S/C20H34O2/c1-3-5-6-7-8-9-10-11-12-13-14-15-16-17-18-19-20(21)22-4-2/h11-12H,3-7,10,13-19H2,1-2H3/b12-11+. The van der Waals surface area contributed by atoms with E-state index < -0.39 is 0 Å². The SMILES string of the molecule is CCCCCC#CC/C=C/CCCCCCCC(=O)OCC. The van der Waals surface area contributed by atoms with Crippen molar-refractivity contribution in [2.24, 2.45) is 0 Å². The summed E-state index contributed by atoms with van der Waals surface area (Å²) in [6, 6.07) is 0. The summed E-state index contributed by atoms with van der Waals surface area (Å²) in [5, 5.41) is 0. The van der Waals surface area contributed by atoms with Gasteiger partial charge >= 0.3 is 5.97 Å². The maximum atomic E-state index is 11.1. The van der Waals surface area contributed by atoms with Crippen molar-refractivity contribution in [1.29, 1.82) is 0 Å². The van der Waals surface area contributed by atoms with Gasteiger partial charge < -0.3 is 4.74 Å².